The van der Waals surface area contributed by atoms with Crippen LogP contribution in [0.2, 0.25) is 0 Å². The van der Waals surface area contributed by atoms with Crippen molar-refractivity contribution in [1.29, 1.82) is 0 Å². The molecule has 1 unspecified atom stereocenters. The predicted molar refractivity (Wildman–Crippen MR) is 133 cm³/mol. The Morgan fingerprint density at radius 1 is 1.20 bits per heavy atom. The molecule has 4 rings (SSSR count). The average Bonchev–Trinajstić information content (AvgIpc) is 3.01. The van der Waals surface area contributed by atoms with Gasteiger partial charge in [-0.1, -0.05) is 45.0 Å². The lowest BCUT2D eigenvalue weighted by Gasteiger charge is -2.40. The van der Waals surface area contributed by atoms with E-state index in [0.29, 0.717) is 25.3 Å². The number of morpholine rings is 1. The third kappa shape index (κ3) is 6.04. The monoisotopic (exact) mass is 484 g/mol. The maximum Gasteiger partial charge on any atom is 0.325 e. The van der Waals surface area contributed by atoms with E-state index in [1.807, 2.05) is 12.1 Å². The molecule has 8 nitrogen and oxygen atoms in total. The molecule has 1 spiro atoms. The normalized spacial score (nSPS) is 27.8. The summed E-state index contributed by atoms with van der Waals surface area (Å²) < 4.78 is 5.61. The van der Waals surface area contributed by atoms with Crippen molar-refractivity contribution in [3.8, 4) is 0 Å². The van der Waals surface area contributed by atoms with Gasteiger partial charge in [0, 0.05) is 26.2 Å². The number of nitrogens with one attached hydrogen (secondary N) is 2. The number of hydrogen-bond donors (Lipinski definition) is 2. The molecular formula is C27H40N4O4. The maximum atomic E-state index is 13.2. The van der Waals surface area contributed by atoms with E-state index in [1.54, 1.807) is 0 Å². The molecule has 0 radical (unpaired) electrons. The molecule has 2 aliphatic heterocycles. The number of rotatable bonds is 6. The molecule has 1 atom stereocenters. The molecule has 1 aromatic carbocycles. The second kappa shape index (κ2) is 10.3. The molecule has 2 heterocycles. The Hall–Kier alpha value is -2.45. The molecule has 1 aromatic rings. The summed E-state index contributed by atoms with van der Waals surface area (Å²) in [5.41, 5.74) is 1.52. The third-order valence-corrected chi connectivity index (χ3v) is 7.82. The second-order valence-corrected chi connectivity index (χ2v) is 11.6. The first-order valence-corrected chi connectivity index (χ1v) is 12.9. The van der Waals surface area contributed by atoms with E-state index >= 15 is 0 Å². The van der Waals surface area contributed by atoms with Crippen LogP contribution in [0.5, 0.6) is 0 Å². The number of urea groups is 1. The van der Waals surface area contributed by atoms with E-state index < -0.39 is 11.6 Å². The number of carbonyl (C=O) groups excluding carboxylic acids is 3. The standard InChI is InChI=1S/C27H40N4O4/c1-19-16-30(12-13-35-19)17-21-7-5-6-20(14-21)15-28-23(32)18-31-24(33)27(29-25(31)34)10-8-22(9-11-27)26(2,3)4/h5-7,14,19,22H,8-13,15-18H2,1-4H3,(H,28,32)(H,29,34). The minimum absolute atomic E-state index is 0.185. The molecule has 1 saturated carbocycles. The van der Waals surface area contributed by atoms with Crippen LogP contribution in [-0.4, -0.2) is 65.5 Å². The Morgan fingerprint density at radius 2 is 1.91 bits per heavy atom. The summed E-state index contributed by atoms with van der Waals surface area (Å²) in [7, 11) is 0. The van der Waals surface area contributed by atoms with Crippen LogP contribution in [0.3, 0.4) is 0 Å². The molecule has 35 heavy (non-hydrogen) atoms. The zero-order chi connectivity index (χ0) is 25.2. The number of amides is 4. The lowest BCUT2D eigenvalue weighted by molar-refractivity contribution is -0.136. The van der Waals surface area contributed by atoms with Crippen molar-refractivity contribution in [2.24, 2.45) is 11.3 Å². The van der Waals surface area contributed by atoms with Crippen molar-refractivity contribution in [3.63, 3.8) is 0 Å². The lowest BCUT2D eigenvalue weighted by atomic mass is 9.67. The largest absolute Gasteiger partial charge is 0.376 e. The maximum absolute atomic E-state index is 13.2. The van der Waals surface area contributed by atoms with Crippen molar-refractivity contribution >= 4 is 17.8 Å². The van der Waals surface area contributed by atoms with E-state index in [0.717, 1.165) is 49.5 Å². The van der Waals surface area contributed by atoms with Crippen molar-refractivity contribution in [2.75, 3.05) is 26.2 Å². The molecule has 2 N–H and O–H groups in total. The van der Waals surface area contributed by atoms with Crippen LogP contribution in [0.4, 0.5) is 4.79 Å². The first-order chi connectivity index (χ1) is 16.6. The van der Waals surface area contributed by atoms with Gasteiger partial charge in [-0.25, -0.2) is 4.79 Å². The van der Waals surface area contributed by atoms with Gasteiger partial charge in [0.15, 0.2) is 0 Å². The molecule has 4 amide bonds. The Labute approximate surface area is 208 Å². The Kier molecular flexibility index (Phi) is 7.52. The average molecular weight is 485 g/mol. The van der Waals surface area contributed by atoms with E-state index in [9.17, 15) is 14.4 Å². The van der Waals surface area contributed by atoms with Crippen molar-refractivity contribution in [3.05, 3.63) is 35.4 Å². The van der Waals surface area contributed by atoms with Crippen molar-refractivity contribution < 1.29 is 19.1 Å². The van der Waals surface area contributed by atoms with Gasteiger partial charge in [-0.2, -0.15) is 0 Å². The van der Waals surface area contributed by atoms with Crippen LogP contribution in [0.1, 0.15) is 64.5 Å². The van der Waals surface area contributed by atoms with E-state index in [4.69, 9.17) is 4.74 Å². The van der Waals surface area contributed by atoms with Gasteiger partial charge in [-0.15, -0.1) is 0 Å². The highest BCUT2D eigenvalue weighted by atomic mass is 16.5. The summed E-state index contributed by atoms with van der Waals surface area (Å²) in [5.74, 6) is -0.0642. The number of ether oxygens (including phenoxy) is 1. The molecule has 0 bridgehead atoms. The highest BCUT2D eigenvalue weighted by molar-refractivity contribution is 6.09. The summed E-state index contributed by atoms with van der Waals surface area (Å²) >= 11 is 0. The molecule has 8 heteroatoms. The summed E-state index contributed by atoms with van der Waals surface area (Å²) in [6.45, 7) is 12.3. The summed E-state index contributed by atoms with van der Waals surface area (Å²) in [6.07, 6.45) is 3.30. The summed E-state index contributed by atoms with van der Waals surface area (Å²) in [4.78, 5) is 41.9. The molecule has 192 valence electrons. The van der Waals surface area contributed by atoms with Crippen LogP contribution >= 0.6 is 0 Å². The highest BCUT2D eigenvalue weighted by Crippen LogP contribution is 2.43. The smallest absolute Gasteiger partial charge is 0.325 e. The number of hydrogen-bond acceptors (Lipinski definition) is 5. The van der Waals surface area contributed by atoms with Gasteiger partial charge in [0.25, 0.3) is 5.91 Å². The molecule has 2 saturated heterocycles. The van der Waals surface area contributed by atoms with Crippen LogP contribution in [0, 0.1) is 11.3 Å². The lowest BCUT2D eigenvalue weighted by Crippen LogP contribution is -2.51. The van der Waals surface area contributed by atoms with Gasteiger partial charge < -0.3 is 15.4 Å². The van der Waals surface area contributed by atoms with E-state index in [2.05, 4.69) is 55.4 Å². The van der Waals surface area contributed by atoms with Gasteiger partial charge in [-0.3, -0.25) is 19.4 Å². The highest BCUT2D eigenvalue weighted by Gasteiger charge is 2.53. The van der Waals surface area contributed by atoms with Gasteiger partial charge in [-0.05, 0) is 55.1 Å². The fraction of sp³-hybridized carbons (Fsp3) is 0.667. The van der Waals surface area contributed by atoms with E-state index in [-0.39, 0.29) is 29.9 Å². The zero-order valence-electron chi connectivity index (χ0n) is 21.6. The third-order valence-electron chi connectivity index (χ3n) is 7.82. The van der Waals surface area contributed by atoms with Crippen LogP contribution < -0.4 is 10.6 Å². The fourth-order valence-electron chi connectivity index (χ4n) is 5.67. The topological polar surface area (TPSA) is 91.0 Å². The Bertz CT molecular complexity index is 949. The number of nitrogens with zero attached hydrogens (tertiary/aromatic N) is 2. The van der Waals surface area contributed by atoms with Gasteiger partial charge in [0.1, 0.15) is 12.1 Å². The van der Waals surface area contributed by atoms with Gasteiger partial charge in [0.05, 0.1) is 12.7 Å². The zero-order valence-corrected chi connectivity index (χ0v) is 21.6. The van der Waals surface area contributed by atoms with Crippen LogP contribution in [0.15, 0.2) is 24.3 Å². The first kappa shape index (κ1) is 25.6. The molecule has 3 aliphatic rings. The quantitative estimate of drug-likeness (QED) is 0.606. The van der Waals surface area contributed by atoms with E-state index in [1.165, 1.54) is 5.56 Å². The molecule has 1 aliphatic carbocycles. The summed E-state index contributed by atoms with van der Waals surface area (Å²) in [5, 5.41) is 5.79. The SMILES string of the molecule is CC1CN(Cc2cccc(CNC(=O)CN3C(=O)NC4(CCC(C(C)(C)C)CC4)C3=O)c2)CCO1. The van der Waals surface area contributed by atoms with Crippen LogP contribution in [0.25, 0.3) is 0 Å². The Morgan fingerprint density at radius 3 is 2.60 bits per heavy atom. The number of benzene rings is 1. The van der Waals surface area contributed by atoms with Gasteiger partial charge in [0.2, 0.25) is 5.91 Å². The first-order valence-electron chi connectivity index (χ1n) is 12.9. The minimum atomic E-state index is -0.843. The number of carbonyl (C=O) groups is 3. The van der Waals surface area contributed by atoms with Gasteiger partial charge >= 0.3 is 6.03 Å². The number of imide groups is 1. The van der Waals surface area contributed by atoms with Crippen LogP contribution in [-0.2, 0) is 27.4 Å². The van der Waals surface area contributed by atoms with Crippen molar-refractivity contribution in [2.45, 2.75) is 78.1 Å². The molecular weight excluding hydrogens is 444 g/mol. The fourth-order valence-corrected chi connectivity index (χ4v) is 5.67. The Balaban J connectivity index is 1.28. The second-order valence-electron chi connectivity index (χ2n) is 11.6. The predicted octanol–water partition coefficient (Wildman–Crippen LogP) is 3.05. The minimum Gasteiger partial charge on any atom is -0.376 e. The summed E-state index contributed by atoms with van der Waals surface area (Å²) in [6, 6.07) is 7.70. The molecule has 3 fully saturated rings. The molecule has 0 aromatic heterocycles. The van der Waals surface area contributed by atoms with Crippen molar-refractivity contribution in [1.82, 2.24) is 20.4 Å².